The van der Waals surface area contributed by atoms with Gasteiger partial charge in [0.25, 0.3) is 5.69 Å². The fourth-order valence-electron chi connectivity index (χ4n) is 1.85. The van der Waals surface area contributed by atoms with Crippen molar-refractivity contribution in [1.82, 2.24) is 0 Å². The number of nitro groups is 1. The number of carboxylic acid groups (broad SMARTS) is 1. The maximum absolute atomic E-state index is 11.0. The number of nitrogens with zero attached hydrogens (tertiary/aromatic N) is 3. The van der Waals surface area contributed by atoms with Crippen molar-refractivity contribution in [3.8, 4) is 6.07 Å². The van der Waals surface area contributed by atoms with E-state index < -0.39 is 10.9 Å². The average molecular weight is 277 g/mol. The van der Waals surface area contributed by atoms with Crippen molar-refractivity contribution in [2.45, 2.75) is 13.8 Å². The van der Waals surface area contributed by atoms with Crippen LogP contribution < -0.4 is 4.90 Å². The molecule has 0 heterocycles. The molecule has 0 saturated carbocycles. The maximum Gasteiger partial charge on any atom is 0.323 e. The van der Waals surface area contributed by atoms with Crippen LogP contribution in [0.5, 0.6) is 0 Å². The van der Waals surface area contributed by atoms with E-state index in [4.69, 9.17) is 10.4 Å². The van der Waals surface area contributed by atoms with Gasteiger partial charge in [-0.3, -0.25) is 14.9 Å². The van der Waals surface area contributed by atoms with Gasteiger partial charge in [0, 0.05) is 12.6 Å². The van der Waals surface area contributed by atoms with Crippen LogP contribution in [0, 0.1) is 27.4 Å². The predicted octanol–water partition coefficient (Wildman–Crippen LogP) is 2.01. The number of nitriles is 1. The van der Waals surface area contributed by atoms with Gasteiger partial charge >= 0.3 is 5.97 Å². The molecule has 0 amide bonds. The minimum atomic E-state index is -1.08. The standard InChI is InChI=1S/C13H15N3O4/c1-9(2)7-15(8-13(17)18)12-5-10(6-14)3-4-11(12)16(19)20/h3-5,9H,7-8H2,1-2H3,(H,17,18). The van der Waals surface area contributed by atoms with Gasteiger partial charge in [0.05, 0.1) is 16.6 Å². The molecule has 1 aromatic rings. The van der Waals surface area contributed by atoms with Crippen LogP contribution in [-0.4, -0.2) is 29.1 Å². The van der Waals surface area contributed by atoms with E-state index in [1.165, 1.54) is 23.1 Å². The van der Waals surface area contributed by atoms with Crippen LogP contribution in [0.2, 0.25) is 0 Å². The minimum absolute atomic E-state index is 0.125. The first-order chi connectivity index (χ1) is 9.35. The van der Waals surface area contributed by atoms with Gasteiger partial charge in [0.2, 0.25) is 0 Å². The van der Waals surface area contributed by atoms with Crippen LogP contribution in [0.4, 0.5) is 11.4 Å². The Morgan fingerprint density at radius 2 is 2.20 bits per heavy atom. The number of carboxylic acids is 1. The van der Waals surface area contributed by atoms with Crippen LogP contribution in [-0.2, 0) is 4.79 Å². The largest absolute Gasteiger partial charge is 0.480 e. The first-order valence-electron chi connectivity index (χ1n) is 6.00. The van der Waals surface area contributed by atoms with Gasteiger partial charge in [-0.05, 0) is 18.1 Å². The Kier molecular flexibility index (Phi) is 5.03. The molecule has 1 N–H and O–H groups in total. The van der Waals surface area contributed by atoms with Gasteiger partial charge < -0.3 is 10.0 Å². The Balaban J connectivity index is 3.31. The monoisotopic (exact) mass is 277 g/mol. The third kappa shape index (κ3) is 3.95. The summed E-state index contributed by atoms with van der Waals surface area (Å²) in [5.41, 5.74) is 0.209. The number of nitro benzene ring substituents is 1. The Bertz CT molecular complexity index is 563. The number of benzene rings is 1. The highest BCUT2D eigenvalue weighted by Gasteiger charge is 2.22. The van der Waals surface area contributed by atoms with Crippen molar-refractivity contribution >= 4 is 17.3 Å². The van der Waals surface area contributed by atoms with Crippen LogP contribution in [0.3, 0.4) is 0 Å². The molecule has 0 bridgehead atoms. The number of hydrogen-bond acceptors (Lipinski definition) is 5. The molecule has 20 heavy (non-hydrogen) atoms. The Morgan fingerprint density at radius 1 is 1.55 bits per heavy atom. The SMILES string of the molecule is CC(C)CN(CC(=O)O)c1cc(C#N)ccc1[N+](=O)[O-]. The maximum atomic E-state index is 11.0. The molecule has 7 heteroatoms. The summed E-state index contributed by atoms with van der Waals surface area (Å²) in [6.45, 7) is 3.76. The zero-order valence-electron chi connectivity index (χ0n) is 11.2. The Hall–Kier alpha value is -2.62. The molecule has 0 unspecified atom stereocenters. The Labute approximate surface area is 116 Å². The van der Waals surface area contributed by atoms with Crippen molar-refractivity contribution in [1.29, 1.82) is 5.26 Å². The van der Waals surface area contributed by atoms with E-state index in [0.29, 0.717) is 6.54 Å². The summed E-state index contributed by atoms with van der Waals surface area (Å²) in [5.74, 6) is -0.956. The number of anilines is 1. The summed E-state index contributed by atoms with van der Waals surface area (Å²) in [4.78, 5) is 22.8. The van der Waals surface area contributed by atoms with Crippen LogP contribution in [0.25, 0.3) is 0 Å². The average Bonchev–Trinajstić information content (AvgIpc) is 2.36. The highest BCUT2D eigenvalue weighted by atomic mass is 16.6. The first kappa shape index (κ1) is 15.4. The van der Waals surface area contributed by atoms with Crippen molar-refractivity contribution in [2.75, 3.05) is 18.0 Å². The molecule has 0 aliphatic heterocycles. The van der Waals surface area contributed by atoms with Gasteiger partial charge in [-0.15, -0.1) is 0 Å². The van der Waals surface area contributed by atoms with Crippen LogP contribution in [0.1, 0.15) is 19.4 Å². The van der Waals surface area contributed by atoms with Gasteiger partial charge in [0.1, 0.15) is 12.2 Å². The highest BCUT2D eigenvalue weighted by Crippen LogP contribution is 2.29. The molecule has 0 aliphatic carbocycles. The summed E-state index contributed by atoms with van der Waals surface area (Å²) < 4.78 is 0. The third-order valence-corrected chi connectivity index (χ3v) is 2.55. The van der Waals surface area contributed by atoms with E-state index >= 15 is 0 Å². The molecule has 0 aromatic heterocycles. The van der Waals surface area contributed by atoms with Crippen LogP contribution >= 0.6 is 0 Å². The lowest BCUT2D eigenvalue weighted by Gasteiger charge is -2.24. The molecule has 106 valence electrons. The summed E-state index contributed by atoms with van der Waals surface area (Å²) in [6.07, 6.45) is 0. The zero-order chi connectivity index (χ0) is 15.3. The predicted molar refractivity (Wildman–Crippen MR) is 72.5 cm³/mol. The second kappa shape index (κ2) is 6.52. The summed E-state index contributed by atoms with van der Waals surface area (Å²) in [7, 11) is 0. The molecule has 0 atom stereocenters. The lowest BCUT2D eigenvalue weighted by atomic mass is 10.1. The minimum Gasteiger partial charge on any atom is -0.480 e. The molecule has 0 fully saturated rings. The number of aliphatic carboxylic acids is 1. The zero-order valence-corrected chi connectivity index (χ0v) is 11.2. The molecule has 7 nitrogen and oxygen atoms in total. The lowest BCUT2D eigenvalue weighted by molar-refractivity contribution is -0.384. The number of carbonyl (C=O) groups is 1. The van der Waals surface area contributed by atoms with Crippen molar-refractivity contribution in [3.63, 3.8) is 0 Å². The molecule has 1 aromatic carbocycles. The second-order valence-electron chi connectivity index (χ2n) is 4.74. The molecular weight excluding hydrogens is 262 g/mol. The normalized spacial score (nSPS) is 10.1. The van der Waals surface area contributed by atoms with Crippen molar-refractivity contribution in [2.24, 2.45) is 5.92 Å². The van der Waals surface area contributed by atoms with Gasteiger partial charge in [0.15, 0.2) is 0 Å². The summed E-state index contributed by atoms with van der Waals surface area (Å²) in [5, 5.41) is 28.9. The van der Waals surface area contributed by atoms with E-state index in [9.17, 15) is 14.9 Å². The van der Waals surface area contributed by atoms with E-state index in [-0.39, 0.29) is 29.4 Å². The molecular formula is C13H15N3O4. The summed E-state index contributed by atoms with van der Waals surface area (Å²) in [6, 6.07) is 5.82. The molecule has 0 aliphatic rings. The smallest absolute Gasteiger partial charge is 0.323 e. The lowest BCUT2D eigenvalue weighted by Crippen LogP contribution is -2.33. The Morgan fingerprint density at radius 3 is 2.65 bits per heavy atom. The topological polar surface area (TPSA) is 107 Å². The fourth-order valence-corrected chi connectivity index (χ4v) is 1.85. The molecule has 0 spiro atoms. The first-order valence-corrected chi connectivity index (χ1v) is 6.00. The van der Waals surface area contributed by atoms with Crippen LogP contribution in [0.15, 0.2) is 18.2 Å². The van der Waals surface area contributed by atoms with E-state index in [0.717, 1.165) is 0 Å². The van der Waals surface area contributed by atoms with E-state index in [1.807, 2.05) is 19.9 Å². The fraction of sp³-hybridized carbons (Fsp3) is 0.385. The second-order valence-corrected chi connectivity index (χ2v) is 4.74. The highest BCUT2D eigenvalue weighted by molar-refractivity contribution is 5.76. The van der Waals surface area contributed by atoms with Crippen molar-refractivity contribution in [3.05, 3.63) is 33.9 Å². The number of hydrogen-bond donors (Lipinski definition) is 1. The summed E-state index contributed by atoms with van der Waals surface area (Å²) >= 11 is 0. The molecule has 1 rings (SSSR count). The number of rotatable bonds is 6. The van der Waals surface area contributed by atoms with Crippen molar-refractivity contribution < 1.29 is 14.8 Å². The van der Waals surface area contributed by atoms with Gasteiger partial charge in [-0.2, -0.15) is 5.26 Å². The van der Waals surface area contributed by atoms with Gasteiger partial charge in [-0.25, -0.2) is 0 Å². The van der Waals surface area contributed by atoms with Gasteiger partial charge in [-0.1, -0.05) is 13.8 Å². The van der Waals surface area contributed by atoms with E-state index in [2.05, 4.69) is 0 Å². The van der Waals surface area contributed by atoms with E-state index in [1.54, 1.807) is 0 Å². The molecule has 0 saturated heterocycles. The third-order valence-electron chi connectivity index (χ3n) is 2.55. The quantitative estimate of drug-likeness (QED) is 0.629. The molecule has 0 radical (unpaired) electrons.